The molecule has 14 heavy (non-hydrogen) atoms. The molecule has 0 amide bonds. The Balaban J connectivity index is 2.24. The summed E-state index contributed by atoms with van der Waals surface area (Å²) in [6, 6.07) is 0. The second-order valence-corrected chi connectivity index (χ2v) is 5.76. The van der Waals surface area contributed by atoms with E-state index in [4.69, 9.17) is 9.47 Å². The third-order valence-electron chi connectivity index (χ3n) is 1.94. The van der Waals surface area contributed by atoms with Gasteiger partial charge in [0.15, 0.2) is 5.41 Å². The molecule has 6 heteroatoms. The number of esters is 2. The largest absolute Gasteiger partial charge is 0.402 e. The predicted octanol–water partition coefficient (Wildman–Crippen LogP) is 1.68. The quantitative estimate of drug-likeness (QED) is 0.468. The van der Waals surface area contributed by atoms with Crippen LogP contribution in [0.3, 0.4) is 0 Å². The molecular formula is C8H8O4S2. The molecule has 0 aromatic rings. The highest BCUT2D eigenvalue weighted by Crippen LogP contribution is 2.51. The first-order valence-corrected chi connectivity index (χ1v) is 5.70. The molecule has 2 heterocycles. The Morgan fingerprint density at radius 1 is 1.07 bits per heavy atom. The van der Waals surface area contributed by atoms with E-state index in [0.717, 1.165) is 0 Å². The molecule has 4 nitrogen and oxygen atoms in total. The topological polar surface area (TPSA) is 52.6 Å². The minimum absolute atomic E-state index is 0.544. The number of ether oxygens (including phenoxy) is 2. The number of rotatable bonds is 0. The molecule has 0 aromatic carbocycles. The van der Waals surface area contributed by atoms with E-state index in [2.05, 4.69) is 0 Å². The van der Waals surface area contributed by atoms with Gasteiger partial charge in [-0.25, -0.2) is 0 Å². The molecule has 2 rings (SSSR count). The van der Waals surface area contributed by atoms with E-state index in [1.165, 1.54) is 37.4 Å². The Kier molecular flexibility index (Phi) is 2.08. The van der Waals surface area contributed by atoms with Gasteiger partial charge in [-0.2, -0.15) is 0 Å². The van der Waals surface area contributed by atoms with Crippen molar-refractivity contribution in [1.29, 1.82) is 0 Å². The molecule has 0 unspecified atom stereocenters. The average molecular weight is 232 g/mol. The molecule has 1 fully saturated rings. The van der Waals surface area contributed by atoms with Crippen LogP contribution >= 0.6 is 23.5 Å². The summed E-state index contributed by atoms with van der Waals surface area (Å²) in [7, 11) is 0. The van der Waals surface area contributed by atoms with Crippen LogP contribution in [0.15, 0.2) is 10.8 Å². The smallest absolute Gasteiger partial charge is 0.366 e. The molecule has 0 N–H and O–H groups in total. The monoisotopic (exact) mass is 232 g/mol. The van der Waals surface area contributed by atoms with Crippen LogP contribution in [0.5, 0.6) is 0 Å². The fraction of sp³-hybridized carbons (Fsp3) is 0.500. The Bertz CT molecular complexity index is 304. The maximum Gasteiger partial charge on any atom is 0.366 e. The number of hydrogen-bond donors (Lipinski definition) is 0. The zero-order valence-electron chi connectivity index (χ0n) is 7.60. The van der Waals surface area contributed by atoms with Gasteiger partial charge >= 0.3 is 16.4 Å². The van der Waals surface area contributed by atoms with E-state index < -0.39 is 21.8 Å². The molecule has 0 aromatic heterocycles. The van der Waals surface area contributed by atoms with Crippen molar-refractivity contribution in [3.8, 4) is 0 Å². The van der Waals surface area contributed by atoms with E-state index in [9.17, 15) is 9.59 Å². The molecule has 2 aliphatic rings. The first-order chi connectivity index (χ1) is 6.46. The van der Waals surface area contributed by atoms with E-state index in [1.54, 1.807) is 10.8 Å². The van der Waals surface area contributed by atoms with Gasteiger partial charge in [-0.3, -0.25) is 9.59 Å². The number of hydrogen-bond acceptors (Lipinski definition) is 6. The molecule has 0 atom stereocenters. The van der Waals surface area contributed by atoms with E-state index in [1.807, 2.05) is 0 Å². The van der Waals surface area contributed by atoms with Crippen LogP contribution in [0.2, 0.25) is 0 Å². The summed E-state index contributed by atoms with van der Waals surface area (Å²) in [5, 5.41) is 3.45. The summed E-state index contributed by atoms with van der Waals surface area (Å²) in [4.78, 5) is 23.0. The van der Waals surface area contributed by atoms with Crippen LogP contribution in [0.25, 0.3) is 0 Å². The molecule has 76 valence electrons. The Hall–Kier alpha value is -0.620. The van der Waals surface area contributed by atoms with Crippen molar-refractivity contribution in [2.45, 2.75) is 18.3 Å². The van der Waals surface area contributed by atoms with Crippen molar-refractivity contribution in [3.05, 3.63) is 10.8 Å². The Labute approximate surface area is 89.4 Å². The number of thioether (sulfide) groups is 2. The molecule has 0 saturated carbocycles. The maximum absolute atomic E-state index is 11.5. The van der Waals surface area contributed by atoms with Gasteiger partial charge in [-0.15, -0.1) is 0 Å². The lowest BCUT2D eigenvalue weighted by atomic mass is 9.94. The Morgan fingerprint density at radius 2 is 1.50 bits per heavy atom. The zero-order chi connectivity index (χ0) is 10.4. The third kappa shape index (κ3) is 1.33. The summed E-state index contributed by atoms with van der Waals surface area (Å²) in [5.41, 5.74) is -1.20. The van der Waals surface area contributed by atoms with E-state index in [-0.39, 0.29) is 0 Å². The summed E-state index contributed by atoms with van der Waals surface area (Å²) in [6.45, 7) is 2.98. The minimum Gasteiger partial charge on any atom is -0.402 e. The fourth-order valence-corrected chi connectivity index (χ4v) is 2.76. The predicted molar refractivity (Wildman–Crippen MR) is 53.0 cm³/mol. The van der Waals surface area contributed by atoms with Gasteiger partial charge in [0.2, 0.25) is 0 Å². The molecule has 0 radical (unpaired) electrons. The van der Waals surface area contributed by atoms with Gasteiger partial charge in [0.1, 0.15) is 0 Å². The molecule has 0 aliphatic carbocycles. The van der Waals surface area contributed by atoms with Gasteiger partial charge in [-0.1, -0.05) is 0 Å². The van der Waals surface area contributed by atoms with Gasteiger partial charge in [-0.05, 0) is 48.2 Å². The molecule has 2 aliphatic heterocycles. The van der Waals surface area contributed by atoms with Gasteiger partial charge in [0, 0.05) is 0 Å². The minimum atomic E-state index is -1.20. The summed E-state index contributed by atoms with van der Waals surface area (Å²) >= 11 is 2.34. The summed E-state index contributed by atoms with van der Waals surface area (Å²) < 4.78 is 9.00. The standard InChI is InChI=1S/C8H8O4S2/c1-7(2)5(9)11-8(12-6(7)10)13-3-4-14-8/h3-4H,1-2H3. The summed E-state index contributed by atoms with van der Waals surface area (Å²) in [5.74, 6) is -1.09. The van der Waals surface area contributed by atoms with Crippen LogP contribution in [0, 0.1) is 5.41 Å². The lowest BCUT2D eigenvalue weighted by Crippen LogP contribution is -2.50. The van der Waals surface area contributed by atoms with Crippen molar-refractivity contribution in [2.24, 2.45) is 5.41 Å². The molecule has 1 saturated heterocycles. The van der Waals surface area contributed by atoms with Gasteiger partial charge in [0.05, 0.1) is 0 Å². The van der Waals surface area contributed by atoms with Gasteiger partial charge < -0.3 is 9.47 Å². The number of carbonyl (C=O) groups excluding carboxylic acids is 2. The number of carbonyl (C=O) groups is 2. The van der Waals surface area contributed by atoms with Crippen molar-refractivity contribution >= 4 is 35.5 Å². The SMILES string of the molecule is CC1(C)C(=O)OC2(OC1=O)SC=CS2. The molecule has 0 bridgehead atoms. The fourth-order valence-electron chi connectivity index (χ4n) is 0.933. The van der Waals surface area contributed by atoms with Crippen molar-refractivity contribution < 1.29 is 19.1 Å². The second-order valence-electron chi connectivity index (χ2n) is 3.41. The maximum atomic E-state index is 11.5. The normalized spacial score (nSPS) is 27.6. The van der Waals surface area contributed by atoms with Gasteiger partial charge in [0.25, 0.3) is 0 Å². The Morgan fingerprint density at radius 3 is 1.93 bits per heavy atom. The highest BCUT2D eigenvalue weighted by molar-refractivity contribution is 8.23. The third-order valence-corrected chi connectivity index (χ3v) is 4.14. The highest BCUT2D eigenvalue weighted by atomic mass is 32.2. The van der Waals surface area contributed by atoms with Crippen LogP contribution in [-0.2, 0) is 19.1 Å². The highest BCUT2D eigenvalue weighted by Gasteiger charge is 2.55. The second kappa shape index (κ2) is 2.93. The van der Waals surface area contributed by atoms with Crippen LogP contribution in [0.4, 0.5) is 0 Å². The molecular weight excluding hydrogens is 224 g/mol. The van der Waals surface area contributed by atoms with Crippen LogP contribution in [0.1, 0.15) is 13.8 Å². The van der Waals surface area contributed by atoms with Crippen molar-refractivity contribution in [3.63, 3.8) is 0 Å². The van der Waals surface area contributed by atoms with Crippen molar-refractivity contribution in [2.75, 3.05) is 0 Å². The zero-order valence-corrected chi connectivity index (χ0v) is 9.24. The van der Waals surface area contributed by atoms with Crippen molar-refractivity contribution in [1.82, 2.24) is 0 Å². The summed E-state index contributed by atoms with van der Waals surface area (Å²) in [6.07, 6.45) is 0. The lowest BCUT2D eigenvalue weighted by Gasteiger charge is -2.36. The molecule has 1 spiro atoms. The van der Waals surface area contributed by atoms with E-state index >= 15 is 0 Å². The lowest BCUT2D eigenvalue weighted by molar-refractivity contribution is -0.211. The van der Waals surface area contributed by atoms with Crippen LogP contribution in [-0.4, -0.2) is 16.4 Å². The van der Waals surface area contributed by atoms with Crippen LogP contribution < -0.4 is 0 Å². The average Bonchev–Trinajstić information content (AvgIpc) is 2.50. The van der Waals surface area contributed by atoms with E-state index in [0.29, 0.717) is 0 Å². The first kappa shape index (κ1) is 9.92. The first-order valence-electron chi connectivity index (χ1n) is 3.94.